The summed E-state index contributed by atoms with van der Waals surface area (Å²) >= 11 is 2.09. The fraction of sp³-hybridized carbons (Fsp3) is 0.750. The number of hydrogen-bond donors (Lipinski definition) is 2. The summed E-state index contributed by atoms with van der Waals surface area (Å²) in [5, 5.41) is 10.9. The van der Waals surface area contributed by atoms with Gasteiger partial charge in [0, 0.05) is 10.00 Å². The topological polar surface area (TPSA) is 41.5 Å². The van der Waals surface area contributed by atoms with Crippen molar-refractivity contribution in [3.63, 3.8) is 0 Å². The first-order chi connectivity index (χ1) is 9.46. The molecule has 1 saturated carbocycles. The van der Waals surface area contributed by atoms with E-state index in [1.807, 2.05) is 26.8 Å². The molecule has 3 rings (SSSR count). The van der Waals surface area contributed by atoms with E-state index in [1.165, 1.54) is 24.8 Å². The largest absolute Gasteiger partial charge is 0.382 e. The molecule has 0 radical (unpaired) electrons. The van der Waals surface area contributed by atoms with Crippen LogP contribution in [0, 0.1) is 0 Å². The average Bonchev–Trinajstić information content (AvgIpc) is 2.35. The molecule has 2 N–H and O–H groups in total. The van der Waals surface area contributed by atoms with E-state index in [0.717, 1.165) is 12.0 Å². The van der Waals surface area contributed by atoms with Crippen LogP contribution in [0.4, 0.5) is 0 Å². The molecule has 3 nitrogen and oxygen atoms in total. The van der Waals surface area contributed by atoms with Crippen LogP contribution in [0.5, 0.6) is 0 Å². The van der Waals surface area contributed by atoms with Gasteiger partial charge in [0.2, 0.25) is 0 Å². The summed E-state index contributed by atoms with van der Waals surface area (Å²) in [6.45, 7) is 6.57. The fourth-order valence-corrected chi connectivity index (χ4v) is 5.37. The van der Waals surface area contributed by atoms with Crippen LogP contribution < -0.4 is 5.48 Å². The van der Waals surface area contributed by atoms with Crippen molar-refractivity contribution >= 4 is 11.8 Å². The molecule has 112 valence electrons. The molecule has 1 spiro atoms. The normalized spacial score (nSPS) is 38.8. The van der Waals surface area contributed by atoms with Gasteiger partial charge in [-0.15, -0.1) is 11.8 Å². The molecule has 1 saturated heterocycles. The fourth-order valence-electron chi connectivity index (χ4n) is 3.41. The van der Waals surface area contributed by atoms with Crippen LogP contribution >= 0.6 is 11.8 Å². The van der Waals surface area contributed by atoms with Crippen LogP contribution in [0.3, 0.4) is 0 Å². The van der Waals surface area contributed by atoms with Crippen molar-refractivity contribution in [3.05, 3.63) is 23.3 Å². The van der Waals surface area contributed by atoms with E-state index in [0.29, 0.717) is 16.6 Å². The second kappa shape index (κ2) is 5.16. The molecular weight excluding hydrogens is 270 g/mol. The molecule has 0 amide bonds. The van der Waals surface area contributed by atoms with Crippen molar-refractivity contribution in [3.8, 4) is 0 Å². The quantitative estimate of drug-likeness (QED) is 0.620. The predicted molar refractivity (Wildman–Crippen MR) is 83.6 cm³/mol. The van der Waals surface area contributed by atoms with Gasteiger partial charge in [0.05, 0.1) is 12.6 Å². The Bertz CT molecular complexity index is 451. The van der Waals surface area contributed by atoms with Crippen molar-refractivity contribution in [1.29, 1.82) is 0 Å². The molecule has 4 heteroatoms. The molecule has 2 aliphatic carbocycles. The first kappa shape index (κ1) is 14.6. The minimum Gasteiger partial charge on any atom is -0.382 e. The van der Waals surface area contributed by atoms with Crippen molar-refractivity contribution in [2.24, 2.45) is 0 Å². The predicted octanol–water partition coefficient (Wildman–Crippen LogP) is 2.96. The average molecular weight is 295 g/mol. The number of nitrogens with one attached hydrogen (secondary N) is 1. The molecule has 3 atom stereocenters. The van der Waals surface area contributed by atoms with Crippen molar-refractivity contribution in [2.45, 2.75) is 68.1 Å². The highest BCUT2D eigenvalue weighted by Crippen LogP contribution is 2.56. The van der Waals surface area contributed by atoms with Crippen LogP contribution in [0.1, 0.15) is 46.5 Å². The van der Waals surface area contributed by atoms with E-state index in [1.54, 1.807) is 0 Å². The maximum Gasteiger partial charge on any atom is 0.101 e. The van der Waals surface area contributed by atoms with Crippen LogP contribution in [0.25, 0.3) is 0 Å². The molecule has 0 aromatic heterocycles. The van der Waals surface area contributed by atoms with E-state index in [2.05, 4.69) is 23.3 Å². The molecule has 3 aliphatic rings. The summed E-state index contributed by atoms with van der Waals surface area (Å²) in [7, 11) is 0. The van der Waals surface area contributed by atoms with Gasteiger partial charge < -0.3 is 9.94 Å². The van der Waals surface area contributed by atoms with Gasteiger partial charge in [-0.3, -0.25) is 0 Å². The number of aliphatic hydroxyl groups is 1. The van der Waals surface area contributed by atoms with E-state index in [-0.39, 0.29) is 6.04 Å². The molecule has 0 aromatic rings. The Hall–Kier alpha value is -0.290. The van der Waals surface area contributed by atoms with Crippen molar-refractivity contribution in [2.75, 3.05) is 6.61 Å². The molecule has 2 fully saturated rings. The standard InChI is InChI=1S/C16H25NO2S/c1-4-19-17-13-10-16(6-5-7-16)20-14-8-11(2)15(3,18)9-12(13)14/h8-9,13-14,17-18H,4-7,10H2,1-3H3. The zero-order chi connectivity index (χ0) is 14.4. The molecular formula is C16H25NO2S. The van der Waals surface area contributed by atoms with Gasteiger partial charge in [0.25, 0.3) is 0 Å². The number of rotatable bonds is 3. The lowest BCUT2D eigenvalue weighted by Gasteiger charge is -2.51. The highest BCUT2D eigenvalue weighted by atomic mass is 32.2. The molecule has 1 heterocycles. The Morgan fingerprint density at radius 1 is 1.50 bits per heavy atom. The van der Waals surface area contributed by atoms with Crippen molar-refractivity contribution < 1.29 is 9.94 Å². The van der Waals surface area contributed by atoms with E-state index >= 15 is 0 Å². The molecule has 20 heavy (non-hydrogen) atoms. The maximum atomic E-state index is 10.5. The van der Waals surface area contributed by atoms with Gasteiger partial charge >= 0.3 is 0 Å². The minimum atomic E-state index is -0.817. The summed E-state index contributed by atoms with van der Waals surface area (Å²) in [4.78, 5) is 5.48. The van der Waals surface area contributed by atoms with E-state index in [4.69, 9.17) is 4.84 Å². The lowest BCUT2D eigenvalue weighted by molar-refractivity contribution is 0.0237. The second-order valence-corrected chi connectivity index (χ2v) is 8.13. The first-order valence-electron chi connectivity index (χ1n) is 7.65. The van der Waals surface area contributed by atoms with E-state index in [9.17, 15) is 5.11 Å². The lowest BCUT2D eigenvalue weighted by Crippen LogP contribution is -2.51. The van der Waals surface area contributed by atoms with Gasteiger partial charge in [0.15, 0.2) is 0 Å². The Morgan fingerprint density at radius 2 is 2.25 bits per heavy atom. The van der Waals surface area contributed by atoms with Gasteiger partial charge in [-0.2, -0.15) is 5.48 Å². The Balaban J connectivity index is 1.87. The second-order valence-electron chi connectivity index (χ2n) is 6.52. The summed E-state index contributed by atoms with van der Waals surface area (Å²) < 4.78 is 0.427. The van der Waals surface area contributed by atoms with Crippen LogP contribution in [-0.2, 0) is 4.84 Å². The van der Waals surface area contributed by atoms with Gasteiger partial charge in [-0.1, -0.05) is 12.5 Å². The summed E-state index contributed by atoms with van der Waals surface area (Å²) in [5.74, 6) is 0. The van der Waals surface area contributed by atoms with Crippen LogP contribution in [-0.4, -0.2) is 33.4 Å². The number of hydroxylamine groups is 1. The van der Waals surface area contributed by atoms with Gasteiger partial charge in [0.1, 0.15) is 5.60 Å². The summed E-state index contributed by atoms with van der Waals surface area (Å²) in [6, 6.07) is 0.234. The van der Waals surface area contributed by atoms with Gasteiger partial charge in [-0.05, 0) is 57.3 Å². The maximum absolute atomic E-state index is 10.5. The number of hydrogen-bond acceptors (Lipinski definition) is 4. The van der Waals surface area contributed by atoms with Gasteiger partial charge in [-0.25, -0.2) is 0 Å². The zero-order valence-corrected chi connectivity index (χ0v) is 13.4. The third-order valence-electron chi connectivity index (χ3n) is 4.97. The number of fused-ring (bicyclic) bond motifs is 1. The monoisotopic (exact) mass is 295 g/mol. The third-order valence-corrected chi connectivity index (χ3v) is 6.70. The highest BCUT2D eigenvalue weighted by Gasteiger charge is 2.48. The SMILES string of the molecule is CCONC1CC2(CCC2)SC2C=C(C)C(C)(O)C=C12. The Labute approximate surface area is 125 Å². The molecule has 3 unspecified atom stereocenters. The Morgan fingerprint density at radius 3 is 2.85 bits per heavy atom. The lowest BCUT2D eigenvalue weighted by atomic mass is 9.75. The highest BCUT2D eigenvalue weighted by molar-refractivity contribution is 8.01. The van der Waals surface area contributed by atoms with E-state index < -0.39 is 5.60 Å². The first-order valence-corrected chi connectivity index (χ1v) is 8.53. The van der Waals surface area contributed by atoms with Crippen LogP contribution in [0.2, 0.25) is 0 Å². The zero-order valence-electron chi connectivity index (χ0n) is 12.6. The molecule has 0 bridgehead atoms. The summed E-state index contributed by atoms with van der Waals surface area (Å²) in [6.07, 6.45) is 9.38. The smallest absolute Gasteiger partial charge is 0.101 e. The molecule has 0 aromatic carbocycles. The minimum absolute atomic E-state index is 0.234. The van der Waals surface area contributed by atoms with Crippen LogP contribution in [0.15, 0.2) is 23.3 Å². The van der Waals surface area contributed by atoms with Crippen molar-refractivity contribution in [1.82, 2.24) is 5.48 Å². The molecule has 1 aliphatic heterocycles. The third kappa shape index (κ3) is 2.47. The Kier molecular flexibility index (Phi) is 3.78. The number of thioether (sulfide) groups is 1. The summed E-state index contributed by atoms with van der Waals surface area (Å²) in [5.41, 5.74) is 4.76.